The molecule has 7 heteroatoms. The molecule has 0 spiro atoms. The fourth-order valence-corrected chi connectivity index (χ4v) is 2.37. The molecule has 1 amide bonds. The van der Waals surface area contributed by atoms with Crippen molar-refractivity contribution in [2.45, 2.75) is 19.4 Å². The van der Waals surface area contributed by atoms with Crippen LogP contribution in [0.1, 0.15) is 12.5 Å². The summed E-state index contributed by atoms with van der Waals surface area (Å²) in [6.45, 7) is 1.44. The molecule has 0 fully saturated rings. The Balaban J connectivity index is 1.90. The van der Waals surface area contributed by atoms with Gasteiger partial charge in [0.25, 0.3) is 5.91 Å². The third-order valence-corrected chi connectivity index (χ3v) is 3.73. The van der Waals surface area contributed by atoms with Crippen LogP contribution in [-0.4, -0.2) is 18.0 Å². The molecule has 4 nitrogen and oxygen atoms in total. The van der Waals surface area contributed by atoms with Gasteiger partial charge in [-0.3, -0.25) is 9.59 Å². The summed E-state index contributed by atoms with van der Waals surface area (Å²) in [6.07, 6.45) is -1.09. The molecular weight excluding hydrogens is 356 g/mol. The average molecular weight is 370 g/mol. The summed E-state index contributed by atoms with van der Waals surface area (Å²) in [7, 11) is 0. The highest BCUT2D eigenvalue weighted by atomic mass is 35.5. The molecule has 0 saturated heterocycles. The van der Waals surface area contributed by atoms with Gasteiger partial charge in [-0.25, -0.2) is 4.39 Å². The van der Waals surface area contributed by atoms with Crippen LogP contribution in [0.15, 0.2) is 42.5 Å². The number of esters is 1. The van der Waals surface area contributed by atoms with Gasteiger partial charge in [-0.05, 0) is 48.9 Å². The average Bonchev–Trinajstić information content (AvgIpc) is 2.52. The van der Waals surface area contributed by atoms with Crippen molar-refractivity contribution in [3.05, 3.63) is 63.9 Å². The maximum atomic E-state index is 12.8. The molecule has 0 aromatic heterocycles. The van der Waals surface area contributed by atoms with Crippen molar-refractivity contribution >= 4 is 40.8 Å². The number of ether oxygens (including phenoxy) is 1. The first kappa shape index (κ1) is 18.2. The van der Waals surface area contributed by atoms with E-state index in [0.29, 0.717) is 21.3 Å². The van der Waals surface area contributed by atoms with E-state index in [1.54, 1.807) is 12.1 Å². The summed E-state index contributed by atoms with van der Waals surface area (Å²) < 4.78 is 17.9. The molecule has 2 aromatic rings. The molecule has 0 aliphatic rings. The Morgan fingerprint density at radius 3 is 2.46 bits per heavy atom. The first-order valence-corrected chi connectivity index (χ1v) is 7.80. The molecule has 0 aliphatic heterocycles. The van der Waals surface area contributed by atoms with E-state index >= 15 is 0 Å². The van der Waals surface area contributed by atoms with Crippen molar-refractivity contribution in [1.29, 1.82) is 0 Å². The van der Waals surface area contributed by atoms with Crippen molar-refractivity contribution in [2.75, 3.05) is 5.32 Å². The predicted octanol–water partition coefficient (Wildman–Crippen LogP) is 4.25. The molecule has 1 atom stereocenters. The zero-order valence-electron chi connectivity index (χ0n) is 12.7. The Morgan fingerprint density at radius 2 is 1.83 bits per heavy atom. The Hall–Kier alpha value is -2.11. The smallest absolute Gasteiger partial charge is 0.311 e. The number of hydrogen-bond acceptors (Lipinski definition) is 3. The number of nitrogens with one attached hydrogen (secondary N) is 1. The maximum absolute atomic E-state index is 12.8. The fourth-order valence-electron chi connectivity index (χ4n) is 1.89. The van der Waals surface area contributed by atoms with Gasteiger partial charge in [0.2, 0.25) is 0 Å². The summed E-state index contributed by atoms with van der Waals surface area (Å²) in [6, 6.07) is 10.0. The highest BCUT2D eigenvalue weighted by molar-refractivity contribution is 6.35. The van der Waals surface area contributed by atoms with Gasteiger partial charge in [0, 0.05) is 15.7 Å². The van der Waals surface area contributed by atoms with E-state index in [2.05, 4.69) is 5.32 Å². The van der Waals surface area contributed by atoms with Gasteiger partial charge in [-0.15, -0.1) is 0 Å². The van der Waals surface area contributed by atoms with E-state index in [1.807, 2.05) is 0 Å². The van der Waals surface area contributed by atoms with Crippen LogP contribution < -0.4 is 5.32 Å². The molecule has 126 valence electrons. The van der Waals surface area contributed by atoms with E-state index in [4.69, 9.17) is 27.9 Å². The summed E-state index contributed by atoms with van der Waals surface area (Å²) >= 11 is 11.8. The van der Waals surface area contributed by atoms with Crippen molar-refractivity contribution in [3.8, 4) is 0 Å². The minimum absolute atomic E-state index is 0.0792. The molecule has 0 aliphatic carbocycles. The van der Waals surface area contributed by atoms with Gasteiger partial charge in [0.1, 0.15) is 5.82 Å². The Bertz CT molecular complexity index is 750. The monoisotopic (exact) mass is 369 g/mol. The van der Waals surface area contributed by atoms with E-state index in [0.717, 1.165) is 0 Å². The predicted molar refractivity (Wildman–Crippen MR) is 90.7 cm³/mol. The third kappa shape index (κ3) is 5.22. The fraction of sp³-hybridized carbons (Fsp3) is 0.176. The summed E-state index contributed by atoms with van der Waals surface area (Å²) in [5.41, 5.74) is 0.960. The van der Waals surface area contributed by atoms with Gasteiger partial charge in [-0.1, -0.05) is 29.3 Å². The molecule has 0 unspecified atom stereocenters. The van der Waals surface area contributed by atoms with Gasteiger partial charge < -0.3 is 10.1 Å². The van der Waals surface area contributed by atoms with Gasteiger partial charge in [0.05, 0.1) is 6.42 Å². The Kier molecular flexibility index (Phi) is 6.17. The standard InChI is InChI=1S/C17H14Cl2FNO3/c1-10(17(23)21-14-6-4-13(20)5-7-14)24-16(22)8-11-2-3-12(18)9-15(11)19/h2-7,9-10H,8H2,1H3,(H,21,23)/t10-/m1/s1. The molecule has 2 rings (SSSR count). The first-order chi connectivity index (χ1) is 11.3. The van der Waals surface area contributed by atoms with Crippen LogP contribution in [0, 0.1) is 5.82 Å². The number of anilines is 1. The van der Waals surface area contributed by atoms with Crippen LogP contribution in [-0.2, 0) is 20.7 Å². The number of carbonyl (C=O) groups excluding carboxylic acids is 2. The zero-order chi connectivity index (χ0) is 17.7. The number of benzene rings is 2. The zero-order valence-corrected chi connectivity index (χ0v) is 14.2. The number of halogens is 3. The van der Waals surface area contributed by atoms with Crippen molar-refractivity contribution < 1.29 is 18.7 Å². The second-order valence-corrected chi connectivity index (χ2v) is 5.88. The lowest BCUT2D eigenvalue weighted by molar-refractivity contribution is -0.152. The first-order valence-electron chi connectivity index (χ1n) is 7.05. The van der Waals surface area contributed by atoms with E-state index in [-0.39, 0.29) is 6.42 Å². The molecular formula is C17H14Cl2FNO3. The minimum Gasteiger partial charge on any atom is -0.452 e. The van der Waals surface area contributed by atoms with Crippen molar-refractivity contribution in [2.24, 2.45) is 0 Å². The molecule has 0 heterocycles. The highest BCUT2D eigenvalue weighted by Gasteiger charge is 2.19. The Morgan fingerprint density at radius 1 is 1.17 bits per heavy atom. The van der Waals surface area contributed by atoms with Crippen LogP contribution in [0.2, 0.25) is 10.0 Å². The lowest BCUT2D eigenvalue weighted by Gasteiger charge is -2.14. The summed E-state index contributed by atoms with van der Waals surface area (Å²) in [5.74, 6) is -1.52. The SMILES string of the molecule is C[C@@H](OC(=O)Cc1ccc(Cl)cc1Cl)C(=O)Nc1ccc(F)cc1. The molecule has 0 saturated carbocycles. The summed E-state index contributed by atoms with van der Waals surface area (Å²) in [5, 5.41) is 3.34. The third-order valence-electron chi connectivity index (χ3n) is 3.14. The molecule has 0 bridgehead atoms. The minimum atomic E-state index is -1.01. The van der Waals surface area contributed by atoms with Gasteiger partial charge >= 0.3 is 5.97 Å². The largest absolute Gasteiger partial charge is 0.452 e. The number of amides is 1. The topological polar surface area (TPSA) is 55.4 Å². The number of hydrogen-bond donors (Lipinski definition) is 1. The van der Waals surface area contributed by atoms with E-state index < -0.39 is 23.8 Å². The molecule has 1 N–H and O–H groups in total. The van der Waals surface area contributed by atoms with Crippen LogP contribution in [0.4, 0.5) is 10.1 Å². The van der Waals surface area contributed by atoms with Crippen molar-refractivity contribution in [1.82, 2.24) is 0 Å². The quantitative estimate of drug-likeness (QED) is 0.801. The second kappa shape index (κ2) is 8.13. The Labute approximate surface area is 148 Å². The van der Waals surface area contributed by atoms with Crippen LogP contribution in [0.5, 0.6) is 0 Å². The highest BCUT2D eigenvalue weighted by Crippen LogP contribution is 2.21. The second-order valence-electron chi connectivity index (χ2n) is 5.04. The van der Waals surface area contributed by atoms with E-state index in [9.17, 15) is 14.0 Å². The summed E-state index contributed by atoms with van der Waals surface area (Å²) in [4.78, 5) is 23.9. The molecule has 2 aromatic carbocycles. The van der Waals surface area contributed by atoms with Crippen LogP contribution >= 0.6 is 23.2 Å². The van der Waals surface area contributed by atoms with E-state index in [1.165, 1.54) is 37.3 Å². The van der Waals surface area contributed by atoms with Crippen LogP contribution in [0.3, 0.4) is 0 Å². The number of carbonyl (C=O) groups is 2. The van der Waals surface area contributed by atoms with Gasteiger partial charge in [-0.2, -0.15) is 0 Å². The lowest BCUT2D eigenvalue weighted by Crippen LogP contribution is -2.30. The van der Waals surface area contributed by atoms with Crippen LogP contribution in [0.25, 0.3) is 0 Å². The molecule has 0 radical (unpaired) electrons. The van der Waals surface area contributed by atoms with Gasteiger partial charge in [0.15, 0.2) is 6.10 Å². The molecule has 24 heavy (non-hydrogen) atoms. The van der Waals surface area contributed by atoms with Crippen molar-refractivity contribution in [3.63, 3.8) is 0 Å². The number of rotatable bonds is 5. The lowest BCUT2D eigenvalue weighted by atomic mass is 10.1. The normalized spacial score (nSPS) is 11.7. The maximum Gasteiger partial charge on any atom is 0.311 e.